The number of amides is 1. The topological polar surface area (TPSA) is 88.3 Å². The molecule has 1 aliphatic rings. The quantitative estimate of drug-likeness (QED) is 0.753. The van der Waals surface area contributed by atoms with Crippen LogP contribution in [0.25, 0.3) is 11.0 Å². The summed E-state index contributed by atoms with van der Waals surface area (Å²) in [5.41, 5.74) is 1.91. The highest BCUT2D eigenvalue weighted by Crippen LogP contribution is 2.28. The number of aromatic nitrogens is 3. The number of benzene rings is 1. The highest BCUT2D eigenvalue weighted by atomic mass is 19.1. The zero-order chi connectivity index (χ0) is 20.0. The Balaban J connectivity index is 1.71. The number of rotatable bonds is 3. The van der Waals surface area contributed by atoms with Crippen molar-refractivity contribution in [3.63, 3.8) is 0 Å². The van der Waals surface area contributed by atoms with Crippen molar-refractivity contribution in [3.8, 4) is 0 Å². The average Bonchev–Trinajstić information content (AvgIpc) is 3.10. The second-order valence-corrected chi connectivity index (χ2v) is 7.19. The van der Waals surface area contributed by atoms with Crippen molar-refractivity contribution in [3.05, 3.63) is 59.2 Å². The second kappa shape index (κ2) is 6.70. The Morgan fingerprint density at radius 3 is 2.79 bits per heavy atom. The van der Waals surface area contributed by atoms with Crippen LogP contribution in [0, 0.1) is 5.82 Å². The second-order valence-electron chi connectivity index (χ2n) is 7.19. The number of carbonyl (C=O) groups excluding carboxylic acids is 1. The summed E-state index contributed by atoms with van der Waals surface area (Å²) in [7, 11) is 0. The fourth-order valence-electron chi connectivity index (χ4n) is 3.61. The minimum atomic E-state index is -1.16. The first kappa shape index (κ1) is 18.1. The van der Waals surface area contributed by atoms with Gasteiger partial charge in [-0.2, -0.15) is 5.10 Å². The number of hydrogen-bond donors (Lipinski definition) is 1. The number of carbonyl (C=O) groups is 2. The molecule has 2 aromatic heterocycles. The third-order valence-electron chi connectivity index (χ3n) is 5.05. The van der Waals surface area contributed by atoms with Crippen molar-refractivity contribution in [1.29, 1.82) is 0 Å². The Labute approximate surface area is 160 Å². The maximum atomic E-state index is 14.1. The maximum absolute atomic E-state index is 14.1. The molecule has 4 rings (SSSR count). The molecular formula is C20H19FN4O3. The molecule has 28 heavy (non-hydrogen) atoms. The van der Waals surface area contributed by atoms with Crippen LogP contribution in [0.1, 0.15) is 41.4 Å². The summed E-state index contributed by atoms with van der Waals surface area (Å²) in [5, 5.41) is 14.6. The molecule has 0 saturated heterocycles. The van der Waals surface area contributed by atoms with Crippen molar-refractivity contribution in [2.24, 2.45) is 0 Å². The molecule has 1 atom stereocenters. The van der Waals surface area contributed by atoms with Gasteiger partial charge in [0.25, 0.3) is 5.91 Å². The fourth-order valence-corrected chi connectivity index (χ4v) is 3.61. The highest BCUT2D eigenvalue weighted by Gasteiger charge is 2.36. The molecule has 0 spiro atoms. The summed E-state index contributed by atoms with van der Waals surface area (Å²) in [4.78, 5) is 30.5. The lowest BCUT2D eigenvalue weighted by Gasteiger charge is -2.34. The SMILES string of the molecule is CC(C)n1ncc2cc(C(=O)N3Cc4cccc(F)c4CC3C(=O)O)cnc21. The van der Waals surface area contributed by atoms with E-state index in [1.54, 1.807) is 29.1 Å². The van der Waals surface area contributed by atoms with Crippen LogP contribution in [0.15, 0.2) is 36.7 Å². The predicted molar refractivity (Wildman–Crippen MR) is 99.3 cm³/mol. The van der Waals surface area contributed by atoms with Crippen LogP contribution >= 0.6 is 0 Å². The van der Waals surface area contributed by atoms with E-state index in [9.17, 15) is 19.1 Å². The number of carboxylic acid groups (broad SMARTS) is 1. The van der Waals surface area contributed by atoms with Gasteiger partial charge in [-0.25, -0.2) is 18.9 Å². The lowest BCUT2D eigenvalue weighted by Crippen LogP contribution is -2.48. The van der Waals surface area contributed by atoms with Gasteiger partial charge in [-0.3, -0.25) is 4.79 Å². The Bertz CT molecular complexity index is 1090. The Hall–Kier alpha value is -3.29. The lowest BCUT2D eigenvalue weighted by atomic mass is 9.93. The molecule has 3 aromatic rings. The molecule has 1 aromatic carbocycles. The van der Waals surface area contributed by atoms with Crippen LogP contribution in [0.2, 0.25) is 0 Å². The van der Waals surface area contributed by atoms with Gasteiger partial charge in [0, 0.05) is 30.6 Å². The van der Waals surface area contributed by atoms with Crippen LogP contribution in [-0.4, -0.2) is 42.7 Å². The molecule has 0 fully saturated rings. The van der Waals surface area contributed by atoms with E-state index in [2.05, 4.69) is 10.1 Å². The number of fused-ring (bicyclic) bond motifs is 2. The lowest BCUT2D eigenvalue weighted by molar-refractivity contribution is -0.142. The summed E-state index contributed by atoms with van der Waals surface area (Å²) in [6, 6.07) is 5.23. The van der Waals surface area contributed by atoms with E-state index in [0.717, 1.165) is 0 Å². The molecule has 0 aliphatic carbocycles. The number of carboxylic acids is 1. The molecule has 1 unspecified atom stereocenters. The van der Waals surface area contributed by atoms with Crippen molar-refractivity contribution in [2.75, 3.05) is 0 Å². The van der Waals surface area contributed by atoms with E-state index in [-0.39, 0.29) is 24.6 Å². The van der Waals surface area contributed by atoms with Gasteiger partial charge in [0.05, 0.1) is 11.8 Å². The molecule has 1 amide bonds. The van der Waals surface area contributed by atoms with E-state index in [0.29, 0.717) is 22.2 Å². The molecule has 0 saturated carbocycles. The third-order valence-corrected chi connectivity index (χ3v) is 5.05. The van der Waals surface area contributed by atoms with Gasteiger partial charge in [0.2, 0.25) is 0 Å². The number of pyridine rings is 1. The van der Waals surface area contributed by atoms with Gasteiger partial charge >= 0.3 is 5.97 Å². The molecular weight excluding hydrogens is 363 g/mol. The minimum Gasteiger partial charge on any atom is -0.480 e. The number of halogens is 1. The maximum Gasteiger partial charge on any atom is 0.326 e. The zero-order valence-electron chi connectivity index (χ0n) is 15.5. The summed E-state index contributed by atoms with van der Waals surface area (Å²) in [6.45, 7) is 4.00. The van der Waals surface area contributed by atoms with Crippen LogP contribution < -0.4 is 0 Å². The number of hydrogen-bond acceptors (Lipinski definition) is 4. The van der Waals surface area contributed by atoms with Crippen LogP contribution in [0.3, 0.4) is 0 Å². The van der Waals surface area contributed by atoms with Crippen molar-refractivity contribution >= 4 is 22.9 Å². The van der Waals surface area contributed by atoms with E-state index < -0.39 is 23.7 Å². The number of aliphatic carboxylic acids is 1. The van der Waals surface area contributed by atoms with Crippen molar-refractivity contribution in [2.45, 2.75) is 38.9 Å². The van der Waals surface area contributed by atoms with Crippen LogP contribution in [0.5, 0.6) is 0 Å². The van der Waals surface area contributed by atoms with E-state index >= 15 is 0 Å². The van der Waals surface area contributed by atoms with Gasteiger partial charge in [-0.15, -0.1) is 0 Å². The molecule has 3 heterocycles. The molecule has 8 heteroatoms. The third kappa shape index (κ3) is 2.90. The van der Waals surface area contributed by atoms with Gasteiger partial charge in [-0.05, 0) is 37.1 Å². The molecule has 144 valence electrons. The summed E-state index contributed by atoms with van der Waals surface area (Å²) in [6.07, 6.45) is 3.00. The predicted octanol–water partition coefficient (Wildman–Crippen LogP) is 2.80. The van der Waals surface area contributed by atoms with Gasteiger partial charge in [0.15, 0.2) is 5.65 Å². The monoisotopic (exact) mass is 382 g/mol. The number of nitrogens with zero attached hydrogens (tertiary/aromatic N) is 4. The molecule has 0 bridgehead atoms. The van der Waals surface area contributed by atoms with E-state index in [4.69, 9.17) is 0 Å². The molecule has 0 radical (unpaired) electrons. The highest BCUT2D eigenvalue weighted by molar-refractivity contribution is 5.99. The first-order valence-corrected chi connectivity index (χ1v) is 9.00. The standard InChI is InChI=1S/C20H19FN4O3/c1-11(2)25-18-13(9-23-25)6-14(8-22-18)19(26)24-10-12-4-3-5-16(21)15(12)7-17(24)20(27)28/h3-6,8-9,11,17H,7,10H2,1-2H3,(H,27,28). The normalized spacial score (nSPS) is 16.4. The minimum absolute atomic E-state index is 0.0339. The molecule has 7 nitrogen and oxygen atoms in total. The molecule has 1 N–H and O–H groups in total. The summed E-state index contributed by atoms with van der Waals surface area (Å²) < 4.78 is 15.8. The first-order valence-electron chi connectivity index (χ1n) is 9.00. The van der Waals surface area contributed by atoms with Crippen LogP contribution in [0.4, 0.5) is 4.39 Å². The van der Waals surface area contributed by atoms with Crippen molar-refractivity contribution < 1.29 is 19.1 Å². The van der Waals surface area contributed by atoms with Gasteiger partial charge in [0.1, 0.15) is 11.9 Å². The van der Waals surface area contributed by atoms with E-state index in [1.165, 1.54) is 17.2 Å². The summed E-state index contributed by atoms with van der Waals surface area (Å²) in [5.74, 6) is -2.06. The van der Waals surface area contributed by atoms with Crippen molar-refractivity contribution in [1.82, 2.24) is 19.7 Å². The first-order chi connectivity index (χ1) is 13.4. The fraction of sp³-hybridized carbons (Fsp3) is 0.300. The Morgan fingerprint density at radius 1 is 1.29 bits per heavy atom. The van der Waals surface area contributed by atoms with E-state index in [1.807, 2.05) is 13.8 Å². The van der Waals surface area contributed by atoms with Gasteiger partial charge < -0.3 is 10.0 Å². The zero-order valence-corrected chi connectivity index (χ0v) is 15.5. The Morgan fingerprint density at radius 2 is 2.07 bits per heavy atom. The average molecular weight is 382 g/mol. The Kier molecular flexibility index (Phi) is 4.33. The molecule has 1 aliphatic heterocycles. The summed E-state index contributed by atoms with van der Waals surface area (Å²) >= 11 is 0. The van der Waals surface area contributed by atoms with Crippen LogP contribution in [-0.2, 0) is 17.8 Å². The largest absolute Gasteiger partial charge is 0.480 e. The van der Waals surface area contributed by atoms with Gasteiger partial charge in [-0.1, -0.05) is 12.1 Å². The smallest absolute Gasteiger partial charge is 0.326 e.